The summed E-state index contributed by atoms with van der Waals surface area (Å²) >= 11 is 0. The number of carbonyl (C=O) groups is 1. The zero-order valence-corrected chi connectivity index (χ0v) is 17.9. The average Bonchev–Trinajstić information content (AvgIpc) is 3.34. The van der Waals surface area contributed by atoms with Crippen LogP contribution in [0.4, 0.5) is 0 Å². The third kappa shape index (κ3) is 4.33. The second-order valence-electron chi connectivity index (χ2n) is 7.41. The van der Waals surface area contributed by atoms with E-state index in [-0.39, 0.29) is 11.9 Å². The maximum absolute atomic E-state index is 12.8. The Labute approximate surface area is 181 Å². The fraction of sp³-hybridized carbons (Fsp3) is 0.160. The third-order valence-electron chi connectivity index (χ3n) is 5.29. The molecule has 1 N–H and O–H groups in total. The van der Waals surface area contributed by atoms with Crippen molar-refractivity contribution in [3.05, 3.63) is 107 Å². The number of nitrogens with one attached hydrogen (secondary N) is 1. The minimum Gasteiger partial charge on any atom is -0.339 e. The summed E-state index contributed by atoms with van der Waals surface area (Å²) in [6.07, 6.45) is 6.99. The number of rotatable bonds is 6. The molecule has 0 fully saturated rings. The van der Waals surface area contributed by atoms with E-state index in [0.29, 0.717) is 0 Å². The minimum absolute atomic E-state index is 0.192. The molecule has 0 spiro atoms. The number of para-hydroxylation sites is 1. The van der Waals surface area contributed by atoms with Crippen molar-refractivity contribution in [2.75, 3.05) is 0 Å². The number of imidazole rings is 1. The van der Waals surface area contributed by atoms with Crippen LogP contribution in [-0.2, 0) is 11.8 Å². The molecule has 0 aliphatic heterocycles. The molecule has 0 aliphatic rings. The molecule has 1 atom stereocenters. The second kappa shape index (κ2) is 8.83. The van der Waals surface area contributed by atoms with E-state index in [1.807, 2.05) is 103 Å². The number of hydrogen-bond donors (Lipinski definition) is 1. The summed E-state index contributed by atoms with van der Waals surface area (Å²) in [5.74, 6) is 0.584. The first-order chi connectivity index (χ1) is 15.0. The van der Waals surface area contributed by atoms with E-state index in [0.717, 1.165) is 34.0 Å². The van der Waals surface area contributed by atoms with Gasteiger partial charge in [0.05, 0.1) is 11.4 Å². The summed E-state index contributed by atoms with van der Waals surface area (Å²) in [5, 5.41) is 7.73. The van der Waals surface area contributed by atoms with E-state index in [4.69, 9.17) is 0 Å². The normalized spacial score (nSPS) is 12.2. The van der Waals surface area contributed by atoms with Gasteiger partial charge in [-0.1, -0.05) is 48.5 Å². The van der Waals surface area contributed by atoms with Crippen LogP contribution < -0.4 is 5.32 Å². The van der Waals surface area contributed by atoms with Gasteiger partial charge in [-0.25, -0.2) is 9.67 Å². The van der Waals surface area contributed by atoms with E-state index in [9.17, 15) is 4.79 Å². The van der Waals surface area contributed by atoms with Crippen molar-refractivity contribution in [2.45, 2.75) is 19.9 Å². The van der Waals surface area contributed by atoms with Gasteiger partial charge in [-0.05, 0) is 37.6 Å². The minimum atomic E-state index is -0.340. The topological polar surface area (TPSA) is 64.7 Å². The summed E-state index contributed by atoms with van der Waals surface area (Å²) in [7, 11) is 1.92. The predicted octanol–water partition coefficient (Wildman–Crippen LogP) is 4.14. The molecule has 1 unspecified atom stereocenters. The van der Waals surface area contributed by atoms with Crippen LogP contribution in [0.15, 0.2) is 79.1 Å². The number of carbonyl (C=O) groups excluding carboxylic acids is 1. The molecular formula is C25H25N5O. The Morgan fingerprint density at radius 1 is 1.03 bits per heavy atom. The summed E-state index contributed by atoms with van der Waals surface area (Å²) in [6.45, 7) is 3.95. The first-order valence-corrected chi connectivity index (χ1v) is 10.2. The molecule has 2 heterocycles. The predicted molar refractivity (Wildman–Crippen MR) is 122 cm³/mol. The first kappa shape index (κ1) is 20.3. The molecular weight excluding hydrogens is 386 g/mol. The van der Waals surface area contributed by atoms with Gasteiger partial charge in [-0.2, -0.15) is 5.10 Å². The highest BCUT2D eigenvalue weighted by atomic mass is 16.1. The average molecular weight is 412 g/mol. The Morgan fingerprint density at radius 2 is 1.71 bits per heavy atom. The van der Waals surface area contributed by atoms with Crippen LogP contribution in [0.25, 0.3) is 11.8 Å². The van der Waals surface area contributed by atoms with E-state index < -0.39 is 0 Å². The Balaban J connectivity index is 1.58. The maximum Gasteiger partial charge on any atom is 0.244 e. The summed E-state index contributed by atoms with van der Waals surface area (Å²) in [5.41, 5.74) is 4.76. The molecule has 31 heavy (non-hydrogen) atoms. The number of amides is 1. The zero-order valence-electron chi connectivity index (χ0n) is 17.9. The molecule has 1 amide bonds. The largest absolute Gasteiger partial charge is 0.339 e. The second-order valence-corrected chi connectivity index (χ2v) is 7.41. The number of aromatic nitrogens is 4. The molecule has 0 radical (unpaired) electrons. The van der Waals surface area contributed by atoms with Crippen molar-refractivity contribution >= 4 is 12.0 Å². The Bertz CT molecular complexity index is 1210. The molecule has 156 valence electrons. The van der Waals surface area contributed by atoms with Gasteiger partial charge in [0, 0.05) is 36.8 Å². The van der Waals surface area contributed by atoms with Gasteiger partial charge in [0.25, 0.3) is 0 Å². The molecule has 6 nitrogen and oxygen atoms in total. The lowest BCUT2D eigenvalue weighted by molar-refractivity contribution is -0.117. The lowest BCUT2D eigenvalue weighted by atomic mass is 10.1. The van der Waals surface area contributed by atoms with Crippen LogP contribution in [0.5, 0.6) is 0 Å². The summed E-state index contributed by atoms with van der Waals surface area (Å²) in [6, 6.07) is 19.5. The number of aryl methyl sites for hydroxylation is 2. The molecule has 4 aromatic rings. The molecule has 2 aromatic heterocycles. The molecule has 0 aliphatic carbocycles. The maximum atomic E-state index is 12.8. The van der Waals surface area contributed by atoms with Crippen LogP contribution >= 0.6 is 0 Å². The number of hydrogen-bond acceptors (Lipinski definition) is 3. The molecule has 0 saturated heterocycles. The van der Waals surface area contributed by atoms with Gasteiger partial charge in [0.15, 0.2) is 0 Å². The highest BCUT2D eigenvalue weighted by Gasteiger charge is 2.20. The van der Waals surface area contributed by atoms with Gasteiger partial charge in [0.1, 0.15) is 11.9 Å². The zero-order chi connectivity index (χ0) is 21.8. The van der Waals surface area contributed by atoms with Gasteiger partial charge in [-0.3, -0.25) is 4.79 Å². The molecule has 6 heteroatoms. The Hall–Kier alpha value is -3.93. The SMILES string of the molecule is Cc1nn(-c2ccccc2)c(C)c1/C=C/C(=O)NC(c1ccccc1)c1nccn1C. The van der Waals surface area contributed by atoms with E-state index in [2.05, 4.69) is 15.4 Å². The van der Waals surface area contributed by atoms with Crippen LogP contribution in [-0.4, -0.2) is 25.2 Å². The van der Waals surface area contributed by atoms with Crippen LogP contribution in [0.2, 0.25) is 0 Å². The molecule has 0 bridgehead atoms. The van der Waals surface area contributed by atoms with E-state index >= 15 is 0 Å². The standard InChI is InChI=1S/C25H25N5O/c1-18-22(19(2)30(28-18)21-12-8-5-9-13-21)14-15-23(31)27-24(20-10-6-4-7-11-20)25-26-16-17-29(25)3/h4-17,24H,1-3H3,(H,27,31)/b15-14+. The Kier molecular flexibility index (Phi) is 5.80. The van der Waals surface area contributed by atoms with Crippen molar-refractivity contribution in [3.8, 4) is 5.69 Å². The highest BCUT2D eigenvalue weighted by Crippen LogP contribution is 2.21. The first-order valence-electron chi connectivity index (χ1n) is 10.2. The monoisotopic (exact) mass is 411 g/mol. The van der Waals surface area contributed by atoms with E-state index in [1.165, 1.54) is 0 Å². The van der Waals surface area contributed by atoms with E-state index in [1.54, 1.807) is 12.3 Å². The smallest absolute Gasteiger partial charge is 0.244 e. The molecule has 0 saturated carbocycles. The fourth-order valence-corrected chi connectivity index (χ4v) is 3.66. The van der Waals surface area contributed by atoms with Crippen molar-refractivity contribution < 1.29 is 4.79 Å². The lowest BCUT2D eigenvalue weighted by Gasteiger charge is -2.18. The van der Waals surface area contributed by atoms with Crippen LogP contribution in [0, 0.1) is 13.8 Å². The lowest BCUT2D eigenvalue weighted by Crippen LogP contribution is -2.29. The quantitative estimate of drug-likeness (QED) is 0.485. The van der Waals surface area contributed by atoms with Crippen molar-refractivity contribution in [1.29, 1.82) is 0 Å². The van der Waals surface area contributed by atoms with Crippen LogP contribution in [0.1, 0.15) is 34.4 Å². The summed E-state index contributed by atoms with van der Waals surface area (Å²) in [4.78, 5) is 17.3. The number of benzene rings is 2. The fourth-order valence-electron chi connectivity index (χ4n) is 3.66. The highest BCUT2D eigenvalue weighted by molar-refractivity contribution is 5.92. The van der Waals surface area contributed by atoms with Gasteiger partial charge < -0.3 is 9.88 Å². The van der Waals surface area contributed by atoms with Gasteiger partial charge >= 0.3 is 0 Å². The van der Waals surface area contributed by atoms with Crippen molar-refractivity contribution in [2.24, 2.45) is 7.05 Å². The van der Waals surface area contributed by atoms with Crippen molar-refractivity contribution in [1.82, 2.24) is 24.6 Å². The molecule has 2 aromatic carbocycles. The Morgan fingerprint density at radius 3 is 2.35 bits per heavy atom. The third-order valence-corrected chi connectivity index (χ3v) is 5.29. The van der Waals surface area contributed by atoms with Gasteiger partial charge in [0.2, 0.25) is 5.91 Å². The van der Waals surface area contributed by atoms with Gasteiger partial charge in [-0.15, -0.1) is 0 Å². The van der Waals surface area contributed by atoms with Crippen LogP contribution in [0.3, 0.4) is 0 Å². The number of nitrogens with zero attached hydrogens (tertiary/aromatic N) is 4. The molecule has 4 rings (SSSR count). The van der Waals surface area contributed by atoms with Crippen molar-refractivity contribution in [3.63, 3.8) is 0 Å². The summed E-state index contributed by atoms with van der Waals surface area (Å²) < 4.78 is 3.81.